The highest BCUT2D eigenvalue weighted by molar-refractivity contribution is 6.07. The number of nitrogens with zero attached hydrogens (tertiary/aromatic N) is 4. The number of para-hydroxylation sites is 1. The minimum atomic E-state index is -0.315. The van der Waals surface area contributed by atoms with E-state index in [2.05, 4.69) is 21.7 Å². The summed E-state index contributed by atoms with van der Waals surface area (Å²) in [6.07, 6.45) is 3.53. The number of pyridine rings is 1. The number of benzene rings is 1. The van der Waals surface area contributed by atoms with Crippen molar-refractivity contribution >= 4 is 23.4 Å². The number of amides is 3. The van der Waals surface area contributed by atoms with Crippen molar-refractivity contribution in [3.8, 4) is 11.3 Å². The zero-order valence-corrected chi connectivity index (χ0v) is 18.5. The van der Waals surface area contributed by atoms with Crippen LogP contribution in [0.3, 0.4) is 0 Å². The lowest BCUT2D eigenvalue weighted by atomic mass is 9.82. The van der Waals surface area contributed by atoms with Crippen LogP contribution in [-0.4, -0.2) is 51.2 Å². The number of urea groups is 1. The SMILES string of the molecule is CCNC(=O)N1CCC2(CCn3nc(-c4cnc(N)c(C(=O)Nc5ccccc5)c4)cc32)C1. The monoisotopic (exact) mass is 445 g/mol. The summed E-state index contributed by atoms with van der Waals surface area (Å²) in [6, 6.07) is 13.0. The Labute approximate surface area is 192 Å². The molecule has 0 saturated carbocycles. The van der Waals surface area contributed by atoms with E-state index in [4.69, 9.17) is 10.8 Å². The fraction of sp³-hybridized carbons (Fsp3) is 0.333. The predicted octanol–water partition coefficient (Wildman–Crippen LogP) is 2.86. The van der Waals surface area contributed by atoms with Gasteiger partial charge in [-0.15, -0.1) is 0 Å². The second kappa shape index (κ2) is 8.23. The zero-order valence-electron chi connectivity index (χ0n) is 18.5. The highest BCUT2D eigenvalue weighted by Crippen LogP contribution is 2.43. The second-order valence-corrected chi connectivity index (χ2v) is 8.65. The van der Waals surface area contributed by atoms with Crippen molar-refractivity contribution in [3.05, 3.63) is 59.9 Å². The van der Waals surface area contributed by atoms with Crippen LogP contribution in [0.2, 0.25) is 0 Å². The maximum Gasteiger partial charge on any atom is 0.317 e. The third-order valence-corrected chi connectivity index (χ3v) is 6.59. The lowest BCUT2D eigenvalue weighted by Gasteiger charge is -2.23. The molecule has 2 aromatic heterocycles. The first kappa shape index (κ1) is 21.0. The largest absolute Gasteiger partial charge is 0.383 e. The van der Waals surface area contributed by atoms with Gasteiger partial charge in [0, 0.05) is 54.7 Å². The van der Waals surface area contributed by atoms with Crippen molar-refractivity contribution in [1.82, 2.24) is 25.0 Å². The van der Waals surface area contributed by atoms with E-state index in [-0.39, 0.29) is 23.2 Å². The topological polar surface area (TPSA) is 118 Å². The van der Waals surface area contributed by atoms with Crippen molar-refractivity contribution in [3.63, 3.8) is 0 Å². The Balaban J connectivity index is 1.40. The number of fused-ring (bicyclic) bond motifs is 2. The van der Waals surface area contributed by atoms with E-state index in [1.54, 1.807) is 12.3 Å². The number of nitrogens with one attached hydrogen (secondary N) is 2. The molecule has 170 valence electrons. The van der Waals surface area contributed by atoms with Crippen LogP contribution in [0, 0.1) is 0 Å². The third-order valence-electron chi connectivity index (χ3n) is 6.59. The minimum Gasteiger partial charge on any atom is -0.383 e. The lowest BCUT2D eigenvalue weighted by molar-refractivity contribution is 0.102. The fourth-order valence-corrected chi connectivity index (χ4v) is 4.84. The van der Waals surface area contributed by atoms with Crippen LogP contribution >= 0.6 is 0 Å². The van der Waals surface area contributed by atoms with Crippen molar-refractivity contribution in [2.75, 3.05) is 30.7 Å². The summed E-state index contributed by atoms with van der Waals surface area (Å²) < 4.78 is 2.02. The van der Waals surface area contributed by atoms with Crippen LogP contribution in [-0.2, 0) is 12.0 Å². The molecule has 0 radical (unpaired) electrons. The minimum absolute atomic E-state index is 0.00984. The molecule has 4 heterocycles. The molecule has 1 fully saturated rings. The molecule has 9 nitrogen and oxygen atoms in total. The molecule has 1 atom stereocenters. The van der Waals surface area contributed by atoms with E-state index in [0.29, 0.717) is 24.3 Å². The van der Waals surface area contributed by atoms with Gasteiger partial charge < -0.3 is 21.3 Å². The van der Waals surface area contributed by atoms with Gasteiger partial charge in [-0.25, -0.2) is 9.78 Å². The van der Waals surface area contributed by atoms with Crippen molar-refractivity contribution in [2.45, 2.75) is 31.7 Å². The fourth-order valence-electron chi connectivity index (χ4n) is 4.84. The molecule has 1 spiro atoms. The molecule has 1 aromatic carbocycles. The van der Waals surface area contributed by atoms with Crippen molar-refractivity contribution < 1.29 is 9.59 Å². The standard InChI is InChI=1S/C24H27N7O2/c1-2-26-23(33)30-10-8-24(15-30)9-11-31-20(24)13-19(29-31)16-12-18(21(25)27-14-16)22(32)28-17-6-4-3-5-7-17/h3-7,12-14H,2,8-11,15H2,1H3,(H2,25,27)(H,26,33)(H,28,32). The van der Waals surface area contributed by atoms with E-state index in [0.717, 1.165) is 42.9 Å². The lowest BCUT2D eigenvalue weighted by Crippen LogP contribution is -2.40. The highest BCUT2D eigenvalue weighted by atomic mass is 16.2. The Morgan fingerprint density at radius 3 is 2.73 bits per heavy atom. The first-order chi connectivity index (χ1) is 16.0. The molecule has 4 N–H and O–H groups in total. The molecular formula is C24H27N7O2. The van der Waals surface area contributed by atoms with Crippen molar-refractivity contribution in [2.24, 2.45) is 0 Å². The van der Waals surface area contributed by atoms with Gasteiger partial charge in [-0.05, 0) is 44.0 Å². The molecule has 9 heteroatoms. The number of anilines is 2. The van der Waals surface area contributed by atoms with Crippen LogP contribution in [0.15, 0.2) is 48.7 Å². The molecular weight excluding hydrogens is 418 g/mol. The number of nitrogen functional groups attached to an aromatic ring is 1. The summed E-state index contributed by atoms with van der Waals surface area (Å²) in [5.41, 5.74) is 9.56. The van der Waals surface area contributed by atoms with Crippen molar-refractivity contribution in [1.29, 1.82) is 0 Å². The van der Waals surface area contributed by atoms with E-state index < -0.39 is 0 Å². The Morgan fingerprint density at radius 2 is 1.94 bits per heavy atom. The highest BCUT2D eigenvalue weighted by Gasteiger charge is 2.46. The Kier molecular flexibility index (Phi) is 5.24. The number of rotatable bonds is 4. The molecule has 2 aliphatic rings. The van der Waals surface area contributed by atoms with Gasteiger partial charge in [0.2, 0.25) is 0 Å². The Hall–Kier alpha value is -3.88. The van der Waals surface area contributed by atoms with E-state index in [9.17, 15) is 9.59 Å². The number of aryl methyl sites for hydroxylation is 1. The van der Waals surface area contributed by atoms with Gasteiger partial charge >= 0.3 is 6.03 Å². The molecule has 0 aliphatic carbocycles. The summed E-state index contributed by atoms with van der Waals surface area (Å²) in [4.78, 5) is 31.3. The molecule has 5 rings (SSSR count). The summed E-state index contributed by atoms with van der Waals surface area (Å²) in [6.45, 7) is 4.78. The quantitative estimate of drug-likeness (QED) is 0.571. The number of hydrogen-bond acceptors (Lipinski definition) is 5. The first-order valence-corrected chi connectivity index (χ1v) is 11.2. The molecule has 33 heavy (non-hydrogen) atoms. The molecule has 1 unspecified atom stereocenters. The average molecular weight is 446 g/mol. The first-order valence-electron chi connectivity index (χ1n) is 11.2. The van der Waals surface area contributed by atoms with Gasteiger partial charge in [-0.2, -0.15) is 5.10 Å². The van der Waals surface area contributed by atoms with Gasteiger partial charge in [0.05, 0.1) is 11.3 Å². The zero-order chi connectivity index (χ0) is 23.0. The number of carbonyl (C=O) groups is 2. The summed E-state index contributed by atoms with van der Waals surface area (Å²) >= 11 is 0. The number of carbonyl (C=O) groups excluding carboxylic acids is 2. The smallest absolute Gasteiger partial charge is 0.317 e. The predicted molar refractivity (Wildman–Crippen MR) is 126 cm³/mol. The molecule has 1 saturated heterocycles. The van der Waals surface area contributed by atoms with Crippen LogP contribution < -0.4 is 16.4 Å². The van der Waals surface area contributed by atoms with Gasteiger partial charge in [0.25, 0.3) is 5.91 Å². The number of likely N-dealkylation sites (tertiary alicyclic amines) is 1. The number of nitrogens with two attached hydrogens (primary N) is 1. The van der Waals surface area contributed by atoms with Crippen LogP contribution in [0.25, 0.3) is 11.3 Å². The summed E-state index contributed by atoms with van der Waals surface area (Å²) in [5.74, 6) is -0.145. The number of aromatic nitrogens is 3. The van der Waals surface area contributed by atoms with Gasteiger partial charge in [-0.1, -0.05) is 18.2 Å². The number of hydrogen-bond donors (Lipinski definition) is 3. The Morgan fingerprint density at radius 1 is 1.15 bits per heavy atom. The maximum atomic E-state index is 12.8. The van der Waals surface area contributed by atoms with Gasteiger partial charge in [0.15, 0.2) is 0 Å². The van der Waals surface area contributed by atoms with Crippen LogP contribution in [0.4, 0.5) is 16.3 Å². The van der Waals surface area contributed by atoms with Gasteiger partial charge in [0.1, 0.15) is 5.82 Å². The molecule has 3 aromatic rings. The summed E-state index contributed by atoms with van der Waals surface area (Å²) in [5, 5.41) is 10.5. The third kappa shape index (κ3) is 3.79. The van der Waals surface area contributed by atoms with Gasteiger partial charge in [-0.3, -0.25) is 9.48 Å². The normalized spacial score (nSPS) is 19.0. The molecule has 3 amide bonds. The van der Waals surface area contributed by atoms with E-state index >= 15 is 0 Å². The second-order valence-electron chi connectivity index (χ2n) is 8.65. The Bertz CT molecular complexity index is 1210. The average Bonchev–Trinajstić information content (AvgIpc) is 3.52. The maximum absolute atomic E-state index is 12.8. The summed E-state index contributed by atoms with van der Waals surface area (Å²) in [7, 11) is 0. The molecule has 0 bridgehead atoms. The van der Waals surface area contributed by atoms with E-state index in [1.807, 2.05) is 46.8 Å². The molecule has 2 aliphatic heterocycles. The van der Waals surface area contributed by atoms with Crippen LogP contribution in [0.5, 0.6) is 0 Å². The van der Waals surface area contributed by atoms with E-state index in [1.165, 1.54) is 0 Å². The van der Waals surface area contributed by atoms with Crippen LogP contribution in [0.1, 0.15) is 35.8 Å².